The molecular formula is C14H21NO3. The monoisotopic (exact) mass is 251 g/mol. The average Bonchev–Trinajstić information content (AvgIpc) is 2.36. The zero-order valence-corrected chi connectivity index (χ0v) is 11.2. The molecule has 0 bridgehead atoms. The molecule has 1 unspecified atom stereocenters. The van der Waals surface area contributed by atoms with Crippen molar-refractivity contribution in [1.29, 1.82) is 0 Å². The van der Waals surface area contributed by atoms with Crippen molar-refractivity contribution in [3.63, 3.8) is 0 Å². The lowest BCUT2D eigenvalue weighted by Crippen LogP contribution is -2.29. The maximum atomic E-state index is 10.5. The average molecular weight is 251 g/mol. The number of nitrogens with zero attached hydrogens (tertiary/aromatic N) is 1. The Morgan fingerprint density at radius 3 is 2.72 bits per heavy atom. The van der Waals surface area contributed by atoms with E-state index >= 15 is 0 Å². The van der Waals surface area contributed by atoms with Gasteiger partial charge in [-0.15, -0.1) is 0 Å². The number of aliphatic carboxylic acids is 1. The predicted octanol–water partition coefficient (Wildman–Crippen LogP) is 2.38. The number of carbonyl (C=O) groups is 1. The molecule has 0 aliphatic carbocycles. The number of carboxylic acid groups (broad SMARTS) is 1. The van der Waals surface area contributed by atoms with Gasteiger partial charge in [-0.25, -0.2) is 0 Å². The molecule has 1 aromatic rings. The summed E-state index contributed by atoms with van der Waals surface area (Å²) in [6.45, 7) is 2.79. The van der Waals surface area contributed by atoms with E-state index in [1.807, 2.05) is 38.2 Å². The van der Waals surface area contributed by atoms with Crippen molar-refractivity contribution in [2.45, 2.75) is 32.4 Å². The molecule has 1 aromatic carbocycles. The third-order valence-corrected chi connectivity index (χ3v) is 3.14. The molecule has 0 aliphatic heterocycles. The molecule has 0 spiro atoms. The Kier molecular flexibility index (Phi) is 5.65. The number of rotatable bonds is 7. The van der Waals surface area contributed by atoms with Crippen LogP contribution >= 0.6 is 0 Å². The van der Waals surface area contributed by atoms with Gasteiger partial charge in [0.05, 0.1) is 7.11 Å². The number of para-hydroxylation sites is 1. The second-order valence-corrected chi connectivity index (χ2v) is 4.51. The van der Waals surface area contributed by atoms with Gasteiger partial charge in [-0.3, -0.25) is 9.69 Å². The molecule has 18 heavy (non-hydrogen) atoms. The normalized spacial score (nSPS) is 12.4. The van der Waals surface area contributed by atoms with Crippen LogP contribution < -0.4 is 4.74 Å². The lowest BCUT2D eigenvalue weighted by atomic mass is 10.1. The summed E-state index contributed by atoms with van der Waals surface area (Å²) in [5.41, 5.74) is 1.12. The molecular weight excluding hydrogens is 230 g/mol. The van der Waals surface area contributed by atoms with Gasteiger partial charge in [-0.2, -0.15) is 0 Å². The van der Waals surface area contributed by atoms with Crippen LogP contribution in [0.15, 0.2) is 24.3 Å². The van der Waals surface area contributed by atoms with Crippen LogP contribution in [0.5, 0.6) is 5.75 Å². The third kappa shape index (κ3) is 4.37. The van der Waals surface area contributed by atoms with E-state index in [2.05, 4.69) is 4.90 Å². The van der Waals surface area contributed by atoms with Crippen molar-refractivity contribution in [1.82, 2.24) is 4.90 Å². The minimum absolute atomic E-state index is 0.206. The maximum Gasteiger partial charge on any atom is 0.303 e. The summed E-state index contributed by atoms with van der Waals surface area (Å²) < 4.78 is 5.30. The SMILES string of the molecule is COc1ccccc1CN(C)C(C)CCC(=O)O. The van der Waals surface area contributed by atoms with E-state index in [1.165, 1.54) is 0 Å². The lowest BCUT2D eigenvalue weighted by Gasteiger charge is -2.25. The second kappa shape index (κ2) is 7.01. The van der Waals surface area contributed by atoms with Crippen LogP contribution in [0.3, 0.4) is 0 Å². The van der Waals surface area contributed by atoms with Crippen LogP contribution in [0.2, 0.25) is 0 Å². The van der Waals surface area contributed by atoms with Gasteiger partial charge in [0.2, 0.25) is 0 Å². The Morgan fingerprint density at radius 1 is 1.44 bits per heavy atom. The molecule has 0 aromatic heterocycles. The van der Waals surface area contributed by atoms with Crippen molar-refractivity contribution in [3.05, 3.63) is 29.8 Å². The van der Waals surface area contributed by atoms with Crippen molar-refractivity contribution in [2.75, 3.05) is 14.2 Å². The molecule has 0 aliphatic rings. The molecule has 4 nitrogen and oxygen atoms in total. The highest BCUT2D eigenvalue weighted by Crippen LogP contribution is 2.20. The fourth-order valence-corrected chi connectivity index (χ4v) is 1.81. The van der Waals surface area contributed by atoms with Crippen LogP contribution in [0, 0.1) is 0 Å². The fourth-order valence-electron chi connectivity index (χ4n) is 1.81. The minimum atomic E-state index is -0.743. The molecule has 0 heterocycles. The summed E-state index contributed by atoms with van der Waals surface area (Å²) in [5, 5.41) is 8.68. The van der Waals surface area contributed by atoms with Crippen LogP contribution in [0.1, 0.15) is 25.3 Å². The summed E-state index contributed by atoms with van der Waals surface area (Å²) in [4.78, 5) is 12.7. The van der Waals surface area contributed by atoms with Gasteiger partial charge in [0.25, 0.3) is 0 Å². The van der Waals surface area contributed by atoms with Crippen molar-refractivity contribution in [3.8, 4) is 5.75 Å². The van der Waals surface area contributed by atoms with Crippen molar-refractivity contribution < 1.29 is 14.6 Å². The van der Waals surface area contributed by atoms with E-state index in [9.17, 15) is 4.79 Å². The summed E-state index contributed by atoms with van der Waals surface area (Å²) in [5.74, 6) is 0.127. The Labute approximate surface area is 108 Å². The number of methoxy groups -OCH3 is 1. The van der Waals surface area contributed by atoms with E-state index in [-0.39, 0.29) is 12.5 Å². The number of carboxylic acids is 1. The van der Waals surface area contributed by atoms with Crippen LogP contribution in [0.25, 0.3) is 0 Å². The number of ether oxygens (including phenoxy) is 1. The highest BCUT2D eigenvalue weighted by Gasteiger charge is 2.13. The largest absolute Gasteiger partial charge is 0.496 e. The molecule has 1 atom stereocenters. The summed E-state index contributed by atoms with van der Waals surface area (Å²) >= 11 is 0. The molecule has 0 radical (unpaired) electrons. The zero-order chi connectivity index (χ0) is 13.5. The van der Waals surface area contributed by atoms with Crippen LogP contribution in [0.4, 0.5) is 0 Å². The van der Waals surface area contributed by atoms with Crippen LogP contribution in [-0.2, 0) is 11.3 Å². The summed E-state index contributed by atoms with van der Waals surface area (Å²) in [7, 11) is 3.66. The van der Waals surface area contributed by atoms with Gasteiger partial charge in [-0.05, 0) is 26.5 Å². The predicted molar refractivity (Wildman–Crippen MR) is 70.8 cm³/mol. The van der Waals surface area contributed by atoms with Gasteiger partial charge in [0, 0.05) is 24.6 Å². The quantitative estimate of drug-likeness (QED) is 0.808. The maximum absolute atomic E-state index is 10.5. The first-order valence-electron chi connectivity index (χ1n) is 6.08. The van der Waals surface area contributed by atoms with Crippen LogP contribution in [-0.4, -0.2) is 36.2 Å². The smallest absolute Gasteiger partial charge is 0.303 e. The molecule has 0 amide bonds. The Bertz CT molecular complexity index is 392. The van der Waals surface area contributed by atoms with E-state index < -0.39 is 5.97 Å². The van der Waals surface area contributed by atoms with E-state index in [0.29, 0.717) is 6.42 Å². The molecule has 0 saturated carbocycles. The Hall–Kier alpha value is -1.55. The van der Waals surface area contributed by atoms with E-state index in [4.69, 9.17) is 9.84 Å². The first-order chi connectivity index (χ1) is 8.54. The molecule has 100 valence electrons. The van der Waals surface area contributed by atoms with E-state index in [1.54, 1.807) is 7.11 Å². The van der Waals surface area contributed by atoms with Crippen molar-refractivity contribution >= 4 is 5.97 Å². The van der Waals surface area contributed by atoms with E-state index in [0.717, 1.165) is 17.9 Å². The lowest BCUT2D eigenvalue weighted by molar-refractivity contribution is -0.137. The third-order valence-electron chi connectivity index (χ3n) is 3.14. The van der Waals surface area contributed by atoms with Gasteiger partial charge >= 0.3 is 5.97 Å². The summed E-state index contributed by atoms with van der Waals surface area (Å²) in [6.07, 6.45) is 0.860. The number of benzene rings is 1. The standard InChI is InChI=1S/C14H21NO3/c1-11(8-9-14(16)17)15(2)10-12-6-4-5-7-13(12)18-3/h4-7,11H,8-10H2,1-3H3,(H,16,17). The van der Waals surface area contributed by atoms with Gasteiger partial charge in [0.1, 0.15) is 5.75 Å². The molecule has 1 rings (SSSR count). The van der Waals surface area contributed by atoms with Gasteiger partial charge in [-0.1, -0.05) is 18.2 Å². The number of hydrogen-bond donors (Lipinski definition) is 1. The Balaban J connectivity index is 2.57. The molecule has 0 saturated heterocycles. The topological polar surface area (TPSA) is 49.8 Å². The first kappa shape index (κ1) is 14.5. The van der Waals surface area contributed by atoms with Gasteiger partial charge in [0.15, 0.2) is 0 Å². The Morgan fingerprint density at radius 2 is 2.11 bits per heavy atom. The molecule has 4 heteroatoms. The highest BCUT2D eigenvalue weighted by atomic mass is 16.5. The summed E-state index contributed by atoms with van der Waals surface area (Å²) in [6, 6.07) is 8.11. The zero-order valence-electron chi connectivity index (χ0n) is 11.2. The first-order valence-corrected chi connectivity index (χ1v) is 6.08. The molecule has 1 N–H and O–H groups in total. The molecule has 0 fully saturated rings. The fraction of sp³-hybridized carbons (Fsp3) is 0.500. The van der Waals surface area contributed by atoms with Crippen molar-refractivity contribution in [2.24, 2.45) is 0 Å². The highest BCUT2D eigenvalue weighted by molar-refractivity contribution is 5.66. The second-order valence-electron chi connectivity index (χ2n) is 4.51. The minimum Gasteiger partial charge on any atom is -0.496 e. The number of hydrogen-bond acceptors (Lipinski definition) is 3. The van der Waals surface area contributed by atoms with Gasteiger partial charge < -0.3 is 9.84 Å².